The first-order chi connectivity index (χ1) is 11.1. The molecule has 23 heavy (non-hydrogen) atoms. The van der Waals surface area contributed by atoms with Crippen molar-refractivity contribution in [3.63, 3.8) is 0 Å². The second-order valence-electron chi connectivity index (χ2n) is 5.45. The lowest BCUT2D eigenvalue weighted by molar-refractivity contribution is 0.0694. The molecule has 1 heterocycles. The summed E-state index contributed by atoms with van der Waals surface area (Å²) < 4.78 is 16.7. The van der Waals surface area contributed by atoms with Crippen LogP contribution in [0.15, 0.2) is 39.4 Å². The molecule has 1 aromatic carbocycles. The summed E-state index contributed by atoms with van der Waals surface area (Å²) in [5.74, 6) is 1.71. The van der Waals surface area contributed by atoms with Gasteiger partial charge in [0.1, 0.15) is 11.5 Å². The van der Waals surface area contributed by atoms with Crippen LogP contribution < -0.4 is 9.47 Å². The highest BCUT2D eigenvalue weighted by molar-refractivity contribution is 9.10. The van der Waals surface area contributed by atoms with Gasteiger partial charge in [0.25, 0.3) is 5.91 Å². The Labute approximate surface area is 143 Å². The molecule has 1 fully saturated rings. The summed E-state index contributed by atoms with van der Waals surface area (Å²) in [4.78, 5) is 14.6. The maximum absolute atomic E-state index is 12.7. The first-order valence-corrected chi connectivity index (χ1v) is 8.19. The van der Waals surface area contributed by atoms with Gasteiger partial charge in [-0.05, 0) is 59.1 Å². The van der Waals surface area contributed by atoms with E-state index in [0.717, 1.165) is 29.9 Å². The predicted octanol–water partition coefficient (Wildman–Crippen LogP) is 3.86. The van der Waals surface area contributed by atoms with Crippen LogP contribution in [-0.2, 0) is 6.54 Å². The van der Waals surface area contributed by atoms with Gasteiger partial charge < -0.3 is 18.8 Å². The van der Waals surface area contributed by atoms with Gasteiger partial charge in [-0.1, -0.05) is 0 Å². The summed E-state index contributed by atoms with van der Waals surface area (Å²) in [6.07, 6.45) is 2.03. The number of rotatable bonds is 6. The van der Waals surface area contributed by atoms with Crippen molar-refractivity contribution < 1.29 is 18.7 Å². The molecule has 0 spiro atoms. The number of amides is 1. The van der Waals surface area contributed by atoms with E-state index < -0.39 is 0 Å². The van der Waals surface area contributed by atoms with Crippen molar-refractivity contribution in [2.45, 2.75) is 25.4 Å². The van der Waals surface area contributed by atoms with Crippen molar-refractivity contribution in [2.75, 3.05) is 14.2 Å². The van der Waals surface area contributed by atoms with Crippen molar-refractivity contribution in [2.24, 2.45) is 0 Å². The zero-order valence-corrected chi connectivity index (χ0v) is 14.6. The summed E-state index contributed by atoms with van der Waals surface area (Å²) in [6.45, 7) is 0.461. The van der Waals surface area contributed by atoms with E-state index in [0.29, 0.717) is 17.0 Å². The van der Waals surface area contributed by atoms with Crippen LogP contribution in [0, 0.1) is 0 Å². The van der Waals surface area contributed by atoms with Crippen LogP contribution in [-0.4, -0.2) is 31.1 Å². The predicted molar refractivity (Wildman–Crippen MR) is 88.8 cm³/mol. The molecule has 0 bridgehead atoms. The fourth-order valence-corrected chi connectivity index (χ4v) is 2.82. The van der Waals surface area contributed by atoms with Crippen LogP contribution >= 0.6 is 15.9 Å². The fourth-order valence-electron chi connectivity index (χ4n) is 2.51. The van der Waals surface area contributed by atoms with E-state index in [9.17, 15) is 4.79 Å². The SMILES string of the molecule is COc1ccc(OC)c(CN(C(=O)c2ccc(Br)o2)C2CC2)c1. The Kier molecular flexibility index (Phi) is 4.61. The summed E-state index contributed by atoms with van der Waals surface area (Å²) >= 11 is 3.24. The van der Waals surface area contributed by atoms with Gasteiger partial charge in [-0.25, -0.2) is 0 Å². The zero-order chi connectivity index (χ0) is 16.4. The fraction of sp³-hybridized carbons (Fsp3) is 0.353. The van der Waals surface area contributed by atoms with Crippen molar-refractivity contribution in [3.05, 3.63) is 46.3 Å². The van der Waals surface area contributed by atoms with E-state index in [1.165, 1.54) is 0 Å². The zero-order valence-electron chi connectivity index (χ0n) is 13.0. The largest absolute Gasteiger partial charge is 0.497 e. The van der Waals surface area contributed by atoms with Crippen molar-refractivity contribution in [1.82, 2.24) is 4.90 Å². The molecule has 3 rings (SSSR count). The molecule has 2 aromatic rings. The standard InChI is InChI=1S/C17H18BrNO4/c1-21-13-5-6-14(22-2)11(9-13)10-19(12-3-4-12)17(20)15-7-8-16(18)23-15/h5-9,12H,3-4,10H2,1-2H3. The van der Waals surface area contributed by atoms with Gasteiger partial charge in [-0.15, -0.1) is 0 Å². The Morgan fingerprint density at radius 3 is 2.61 bits per heavy atom. The highest BCUT2D eigenvalue weighted by atomic mass is 79.9. The van der Waals surface area contributed by atoms with Crippen LogP contribution in [0.1, 0.15) is 29.0 Å². The number of halogens is 1. The third kappa shape index (κ3) is 3.52. The molecule has 0 unspecified atom stereocenters. The Balaban J connectivity index is 1.87. The minimum absolute atomic E-state index is 0.108. The molecule has 1 aromatic heterocycles. The molecule has 6 heteroatoms. The van der Waals surface area contributed by atoms with E-state index in [1.807, 2.05) is 23.1 Å². The molecule has 122 valence electrons. The van der Waals surface area contributed by atoms with Gasteiger partial charge in [0.05, 0.1) is 20.8 Å². The number of carbonyl (C=O) groups is 1. The number of nitrogens with zero attached hydrogens (tertiary/aromatic N) is 1. The van der Waals surface area contributed by atoms with Crippen molar-refractivity contribution in [1.29, 1.82) is 0 Å². The number of benzene rings is 1. The van der Waals surface area contributed by atoms with E-state index >= 15 is 0 Å². The number of carbonyl (C=O) groups excluding carboxylic acids is 1. The molecule has 1 saturated carbocycles. The quantitative estimate of drug-likeness (QED) is 0.764. The van der Waals surface area contributed by atoms with E-state index in [-0.39, 0.29) is 11.9 Å². The first-order valence-electron chi connectivity index (χ1n) is 7.39. The number of methoxy groups -OCH3 is 2. The summed E-state index contributed by atoms with van der Waals surface area (Å²) in [5, 5.41) is 0. The lowest BCUT2D eigenvalue weighted by Gasteiger charge is -2.23. The van der Waals surface area contributed by atoms with E-state index in [1.54, 1.807) is 26.4 Å². The van der Waals surface area contributed by atoms with Gasteiger partial charge in [-0.3, -0.25) is 4.79 Å². The average molecular weight is 380 g/mol. The minimum atomic E-state index is -0.108. The first kappa shape index (κ1) is 15.9. The smallest absolute Gasteiger partial charge is 0.290 e. The highest BCUT2D eigenvalue weighted by Crippen LogP contribution is 2.33. The van der Waals surface area contributed by atoms with Crippen LogP contribution in [0.5, 0.6) is 11.5 Å². The highest BCUT2D eigenvalue weighted by Gasteiger charge is 2.34. The summed E-state index contributed by atoms with van der Waals surface area (Å²) in [7, 11) is 3.24. The Hall–Kier alpha value is -1.95. The molecule has 1 amide bonds. The summed E-state index contributed by atoms with van der Waals surface area (Å²) in [6, 6.07) is 9.26. The van der Waals surface area contributed by atoms with Crippen molar-refractivity contribution >= 4 is 21.8 Å². The molecular formula is C17H18BrNO4. The van der Waals surface area contributed by atoms with Crippen LogP contribution in [0.3, 0.4) is 0 Å². The molecule has 0 radical (unpaired) electrons. The maximum atomic E-state index is 12.7. The van der Waals surface area contributed by atoms with Crippen LogP contribution in [0.4, 0.5) is 0 Å². The Bertz CT molecular complexity index is 708. The van der Waals surface area contributed by atoms with Crippen molar-refractivity contribution in [3.8, 4) is 11.5 Å². The molecule has 5 nitrogen and oxygen atoms in total. The summed E-state index contributed by atoms with van der Waals surface area (Å²) in [5.41, 5.74) is 0.915. The van der Waals surface area contributed by atoms with Crippen LogP contribution in [0.2, 0.25) is 0 Å². The minimum Gasteiger partial charge on any atom is -0.497 e. The van der Waals surface area contributed by atoms with Gasteiger partial charge in [0, 0.05) is 11.6 Å². The molecule has 0 N–H and O–H groups in total. The second-order valence-corrected chi connectivity index (χ2v) is 6.23. The lowest BCUT2D eigenvalue weighted by Crippen LogP contribution is -2.32. The number of ether oxygens (including phenoxy) is 2. The van der Waals surface area contributed by atoms with Gasteiger partial charge in [0.2, 0.25) is 0 Å². The molecule has 0 atom stereocenters. The van der Waals surface area contributed by atoms with Gasteiger partial charge >= 0.3 is 0 Å². The molecular weight excluding hydrogens is 362 g/mol. The van der Waals surface area contributed by atoms with Gasteiger partial charge in [0.15, 0.2) is 10.4 Å². The molecule has 1 aliphatic rings. The number of hydrogen-bond acceptors (Lipinski definition) is 4. The second kappa shape index (κ2) is 6.66. The Morgan fingerprint density at radius 2 is 2.04 bits per heavy atom. The lowest BCUT2D eigenvalue weighted by atomic mass is 10.1. The topological polar surface area (TPSA) is 51.9 Å². The molecule has 0 aliphatic heterocycles. The third-order valence-corrected chi connectivity index (χ3v) is 4.29. The van der Waals surface area contributed by atoms with Gasteiger partial charge in [-0.2, -0.15) is 0 Å². The monoisotopic (exact) mass is 379 g/mol. The van der Waals surface area contributed by atoms with E-state index in [4.69, 9.17) is 13.9 Å². The number of furan rings is 1. The molecule has 0 saturated heterocycles. The third-order valence-electron chi connectivity index (χ3n) is 3.86. The normalized spacial score (nSPS) is 13.7. The number of hydrogen-bond donors (Lipinski definition) is 0. The van der Waals surface area contributed by atoms with E-state index in [2.05, 4.69) is 15.9 Å². The Morgan fingerprint density at radius 1 is 1.26 bits per heavy atom. The maximum Gasteiger partial charge on any atom is 0.290 e. The molecule has 1 aliphatic carbocycles. The average Bonchev–Trinajstić information content (AvgIpc) is 3.32. The van der Waals surface area contributed by atoms with Crippen LogP contribution in [0.25, 0.3) is 0 Å².